The molecule has 6 nitrogen and oxygen atoms in total. The summed E-state index contributed by atoms with van der Waals surface area (Å²) in [5.74, 6) is -0.278. The van der Waals surface area contributed by atoms with Crippen LogP contribution in [-0.4, -0.2) is 45.9 Å². The van der Waals surface area contributed by atoms with Crippen LogP contribution in [0.5, 0.6) is 0 Å². The molecule has 4 rings (SSSR count). The van der Waals surface area contributed by atoms with E-state index < -0.39 is 5.60 Å². The molecule has 3 aromatic rings. The number of nitrogens with one attached hydrogen (secondary N) is 2. The molecule has 1 aromatic heterocycles. The number of rotatable bonds is 3. The lowest BCUT2D eigenvalue weighted by Gasteiger charge is -2.34. The van der Waals surface area contributed by atoms with Crippen LogP contribution >= 0.6 is 0 Å². The highest BCUT2D eigenvalue weighted by molar-refractivity contribution is 5.94. The minimum absolute atomic E-state index is 0.246. The fourth-order valence-corrected chi connectivity index (χ4v) is 3.73. The van der Waals surface area contributed by atoms with E-state index in [1.165, 1.54) is 12.1 Å². The van der Waals surface area contributed by atoms with Crippen LogP contribution in [0.4, 0.5) is 14.9 Å². The number of hydrogen-bond donors (Lipinski definition) is 2. The maximum absolute atomic E-state index is 13.6. The zero-order valence-electron chi connectivity index (χ0n) is 17.5. The number of aromatic nitrogens is 2. The largest absolute Gasteiger partial charge is 0.444 e. The summed E-state index contributed by atoms with van der Waals surface area (Å²) in [7, 11) is 0. The van der Waals surface area contributed by atoms with Crippen molar-refractivity contribution in [3.05, 3.63) is 48.3 Å². The average molecular weight is 410 g/mol. The molecule has 2 heterocycles. The van der Waals surface area contributed by atoms with Gasteiger partial charge in [0.1, 0.15) is 17.1 Å². The van der Waals surface area contributed by atoms with Crippen LogP contribution < -0.4 is 5.32 Å². The van der Waals surface area contributed by atoms with Gasteiger partial charge in [-0.05, 0) is 63.9 Å². The Kier molecular flexibility index (Phi) is 5.37. The number of piperidine rings is 1. The zero-order valence-corrected chi connectivity index (χ0v) is 17.5. The number of benzene rings is 2. The van der Waals surface area contributed by atoms with Gasteiger partial charge in [-0.1, -0.05) is 12.1 Å². The number of fused-ring (bicyclic) bond motifs is 1. The summed E-state index contributed by atoms with van der Waals surface area (Å²) in [6.45, 7) is 6.98. The summed E-state index contributed by atoms with van der Waals surface area (Å²) in [6, 6.07) is 12.8. The smallest absolute Gasteiger partial charge is 0.410 e. The Labute approximate surface area is 175 Å². The summed E-state index contributed by atoms with van der Waals surface area (Å²) >= 11 is 0. The summed E-state index contributed by atoms with van der Waals surface area (Å²) in [6.07, 6.45) is 1.47. The van der Waals surface area contributed by atoms with Gasteiger partial charge in [0.15, 0.2) is 0 Å². The Bertz CT molecular complexity index is 1050. The molecule has 0 bridgehead atoms. The summed E-state index contributed by atoms with van der Waals surface area (Å²) < 4.78 is 19.0. The van der Waals surface area contributed by atoms with E-state index in [1.807, 2.05) is 45.0 Å². The van der Waals surface area contributed by atoms with Crippen molar-refractivity contribution in [1.29, 1.82) is 0 Å². The molecule has 0 spiro atoms. The van der Waals surface area contributed by atoms with Gasteiger partial charge in [-0.25, -0.2) is 9.18 Å². The predicted molar refractivity (Wildman–Crippen MR) is 116 cm³/mol. The van der Waals surface area contributed by atoms with E-state index >= 15 is 0 Å². The molecule has 0 unspecified atom stereocenters. The molecule has 0 saturated carbocycles. The molecule has 1 amide bonds. The van der Waals surface area contributed by atoms with Crippen molar-refractivity contribution in [3.63, 3.8) is 0 Å². The Balaban J connectivity index is 1.40. The molecule has 158 valence electrons. The monoisotopic (exact) mass is 410 g/mol. The second-order valence-electron chi connectivity index (χ2n) is 8.73. The Morgan fingerprint density at radius 3 is 2.67 bits per heavy atom. The highest BCUT2D eigenvalue weighted by Crippen LogP contribution is 2.29. The van der Waals surface area contributed by atoms with Crippen LogP contribution in [0.1, 0.15) is 33.6 Å². The number of ether oxygens (including phenoxy) is 1. The number of amides is 1. The summed E-state index contributed by atoms with van der Waals surface area (Å²) in [4.78, 5) is 14.0. The van der Waals surface area contributed by atoms with Crippen LogP contribution in [0.15, 0.2) is 42.5 Å². The van der Waals surface area contributed by atoms with Crippen LogP contribution in [0.2, 0.25) is 0 Å². The Hall–Kier alpha value is -3.09. The van der Waals surface area contributed by atoms with E-state index in [4.69, 9.17) is 4.74 Å². The standard InChI is InChI=1S/C23H27FN4O2/c1-23(2,3)30-22(29)28-11-9-17(10-12-28)25-18-7-8-19-20(14-18)26-27-21(19)15-5-4-6-16(24)13-15/h4-8,13-14,17,25H,9-12H2,1-3H3,(H,26,27). The van der Waals surface area contributed by atoms with Gasteiger partial charge in [0.25, 0.3) is 0 Å². The minimum Gasteiger partial charge on any atom is -0.444 e. The lowest BCUT2D eigenvalue weighted by atomic mass is 10.0. The number of anilines is 1. The third-order valence-electron chi connectivity index (χ3n) is 5.18. The van der Waals surface area contributed by atoms with E-state index in [-0.39, 0.29) is 18.0 Å². The van der Waals surface area contributed by atoms with Gasteiger partial charge >= 0.3 is 6.09 Å². The molecule has 1 aliphatic rings. The second-order valence-corrected chi connectivity index (χ2v) is 8.73. The molecule has 1 fully saturated rings. The van der Waals surface area contributed by atoms with E-state index in [2.05, 4.69) is 15.5 Å². The Morgan fingerprint density at radius 2 is 1.97 bits per heavy atom. The van der Waals surface area contributed by atoms with Crippen LogP contribution in [0, 0.1) is 5.82 Å². The predicted octanol–water partition coefficient (Wildman–Crippen LogP) is 5.18. The number of carbonyl (C=O) groups excluding carboxylic acids is 1. The van der Waals surface area contributed by atoms with E-state index in [0.29, 0.717) is 13.1 Å². The maximum Gasteiger partial charge on any atom is 0.410 e. The van der Waals surface area contributed by atoms with Gasteiger partial charge in [0.2, 0.25) is 0 Å². The Morgan fingerprint density at radius 1 is 1.20 bits per heavy atom. The number of carbonyl (C=O) groups is 1. The molecule has 1 saturated heterocycles. The van der Waals surface area contributed by atoms with Crippen LogP contribution in [0.25, 0.3) is 22.2 Å². The fourth-order valence-electron chi connectivity index (χ4n) is 3.73. The average Bonchev–Trinajstić information content (AvgIpc) is 3.10. The maximum atomic E-state index is 13.6. The topological polar surface area (TPSA) is 70.2 Å². The van der Waals surface area contributed by atoms with Crippen LogP contribution in [0.3, 0.4) is 0 Å². The molecular formula is C23H27FN4O2. The third-order valence-corrected chi connectivity index (χ3v) is 5.18. The van der Waals surface area contributed by atoms with Crippen molar-refractivity contribution in [2.24, 2.45) is 0 Å². The highest BCUT2D eigenvalue weighted by atomic mass is 19.1. The molecule has 30 heavy (non-hydrogen) atoms. The number of hydrogen-bond acceptors (Lipinski definition) is 4. The number of halogens is 1. The first-order valence-electron chi connectivity index (χ1n) is 10.3. The molecular weight excluding hydrogens is 383 g/mol. The molecule has 7 heteroatoms. The molecule has 1 aliphatic heterocycles. The fraction of sp³-hybridized carbons (Fsp3) is 0.391. The lowest BCUT2D eigenvalue weighted by molar-refractivity contribution is 0.0210. The van der Waals surface area contributed by atoms with Gasteiger partial charge in [0.05, 0.1) is 5.52 Å². The van der Waals surface area contributed by atoms with Crippen molar-refractivity contribution in [2.45, 2.75) is 45.3 Å². The highest BCUT2D eigenvalue weighted by Gasteiger charge is 2.26. The number of nitrogens with zero attached hydrogens (tertiary/aromatic N) is 2. The minimum atomic E-state index is -0.476. The van der Waals surface area contributed by atoms with Gasteiger partial charge in [0, 0.05) is 35.8 Å². The summed E-state index contributed by atoms with van der Waals surface area (Å²) in [5.41, 5.74) is 2.90. The zero-order chi connectivity index (χ0) is 21.3. The molecule has 0 atom stereocenters. The van der Waals surface area contributed by atoms with Crippen molar-refractivity contribution in [2.75, 3.05) is 18.4 Å². The van der Waals surface area contributed by atoms with E-state index in [1.54, 1.807) is 11.0 Å². The number of likely N-dealkylation sites (tertiary alicyclic amines) is 1. The number of H-pyrrole nitrogens is 1. The van der Waals surface area contributed by atoms with Crippen molar-refractivity contribution >= 4 is 22.7 Å². The van der Waals surface area contributed by atoms with E-state index in [9.17, 15) is 9.18 Å². The first kappa shape index (κ1) is 20.2. The molecule has 2 N–H and O–H groups in total. The molecule has 0 radical (unpaired) electrons. The SMILES string of the molecule is CC(C)(C)OC(=O)N1CCC(Nc2ccc3c(-c4cccc(F)c4)n[nH]c3c2)CC1. The van der Waals surface area contributed by atoms with Gasteiger partial charge < -0.3 is 15.0 Å². The first-order chi connectivity index (χ1) is 14.3. The number of aromatic amines is 1. The van der Waals surface area contributed by atoms with Gasteiger partial charge in [-0.3, -0.25) is 5.10 Å². The third kappa shape index (κ3) is 4.56. The quantitative estimate of drug-likeness (QED) is 0.624. The molecule has 2 aromatic carbocycles. The van der Waals surface area contributed by atoms with E-state index in [0.717, 1.165) is 40.7 Å². The van der Waals surface area contributed by atoms with Gasteiger partial charge in [-0.2, -0.15) is 5.10 Å². The van der Waals surface area contributed by atoms with Crippen molar-refractivity contribution in [1.82, 2.24) is 15.1 Å². The van der Waals surface area contributed by atoms with Crippen molar-refractivity contribution < 1.29 is 13.9 Å². The normalized spacial score (nSPS) is 15.4. The summed E-state index contributed by atoms with van der Waals surface area (Å²) in [5, 5.41) is 11.9. The first-order valence-corrected chi connectivity index (χ1v) is 10.3. The lowest BCUT2D eigenvalue weighted by Crippen LogP contribution is -2.44. The molecule has 0 aliphatic carbocycles. The van der Waals surface area contributed by atoms with Crippen molar-refractivity contribution in [3.8, 4) is 11.3 Å². The van der Waals surface area contributed by atoms with Crippen LogP contribution in [-0.2, 0) is 4.74 Å². The second kappa shape index (κ2) is 7.97. The van der Waals surface area contributed by atoms with Gasteiger partial charge in [-0.15, -0.1) is 0 Å².